The van der Waals surface area contributed by atoms with Crippen molar-refractivity contribution in [2.75, 3.05) is 13.7 Å². The third kappa shape index (κ3) is 5.20. The van der Waals surface area contributed by atoms with Crippen LogP contribution in [0.15, 0.2) is 12.1 Å². The van der Waals surface area contributed by atoms with E-state index in [1.807, 2.05) is 0 Å². The number of hydrogen-bond donors (Lipinski definition) is 2. The zero-order valence-corrected chi connectivity index (χ0v) is 13.3. The summed E-state index contributed by atoms with van der Waals surface area (Å²) in [4.78, 5) is 34.0. The van der Waals surface area contributed by atoms with Crippen LogP contribution in [0.4, 0.5) is 0 Å². The van der Waals surface area contributed by atoms with Crippen LogP contribution in [0.5, 0.6) is 5.75 Å². The Morgan fingerprint density at radius 2 is 1.82 bits per heavy atom. The minimum Gasteiger partial charge on any atom is -0.494 e. The third-order valence-electron chi connectivity index (χ3n) is 2.78. The Bertz CT molecular complexity index is 589. The summed E-state index contributed by atoms with van der Waals surface area (Å²) in [6.45, 7) is -0.218. The number of Topliss-reactive ketones (excluding diaryl/α,β-unsaturated/α-hetero) is 1. The first-order valence-electron chi connectivity index (χ1n) is 6.40. The maximum absolute atomic E-state index is 12.1. The minimum absolute atomic E-state index is 0.0509. The van der Waals surface area contributed by atoms with Crippen LogP contribution in [0, 0.1) is 0 Å². The third-order valence-corrected chi connectivity index (χ3v) is 3.39. The summed E-state index contributed by atoms with van der Waals surface area (Å²) >= 11 is 11.9. The Balaban J connectivity index is 2.65. The zero-order chi connectivity index (χ0) is 16.7. The maximum atomic E-state index is 12.1. The van der Waals surface area contributed by atoms with Crippen LogP contribution in [-0.4, -0.2) is 36.4 Å². The molecule has 0 bridgehead atoms. The molecule has 22 heavy (non-hydrogen) atoms. The number of halogens is 2. The lowest BCUT2D eigenvalue weighted by Gasteiger charge is -2.12. The normalized spacial score (nSPS) is 10.1. The highest BCUT2D eigenvalue weighted by atomic mass is 35.5. The van der Waals surface area contributed by atoms with E-state index in [1.54, 1.807) is 0 Å². The van der Waals surface area contributed by atoms with E-state index in [0.29, 0.717) is 0 Å². The summed E-state index contributed by atoms with van der Waals surface area (Å²) in [6.07, 6.45) is 0.214. The molecule has 1 aromatic carbocycles. The second-order valence-corrected chi connectivity index (χ2v) is 5.22. The molecule has 1 amide bonds. The summed E-state index contributed by atoms with van der Waals surface area (Å²) in [5.41, 5.74) is 0.0509. The number of amides is 1. The number of benzene rings is 1. The van der Waals surface area contributed by atoms with Gasteiger partial charge in [0.1, 0.15) is 5.56 Å². The first-order chi connectivity index (χ1) is 10.4. The van der Waals surface area contributed by atoms with E-state index in [1.165, 1.54) is 19.2 Å². The van der Waals surface area contributed by atoms with Crippen LogP contribution in [0.3, 0.4) is 0 Å². The minimum atomic E-state index is -0.965. The highest BCUT2D eigenvalue weighted by Crippen LogP contribution is 2.33. The summed E-state index contributed by atoms with van der Waals surface area (Å²) in [6, 6.07) is 2.95. The fourth-order valence-electron chi connectivity index (χ4n) is 1.74. The number of rotatable bonds is 8. The number of ketones is 1. The summed E-state index contributed by atoms with van der Waals surface area (Å²) in [5.74, 6) is -1.69. The van der Waals surface area contributed by atoms with Crippen molar-refractivity contribution < 1.29 is 24.2 Å². The van der Waals surface area contributed by atoms with Gasteiger partial charge in [-0.1, -0.05) is 23.2 Å². The monoisotopic (exact) mass is 347 g/mol. The van der Waals surface area contributed by atoms with Gasteiger partial charge in [-0.3, -0.25) is 14.4 Å². The lowest BCUT2D eigenvalue weighted by atomic mass is 10.1. The number of aliphatic carboxylic acids is 1. The molecule has 0 aliphatic carbocycles. The lowest BCUT2D eigenvalue weighted by molar-refractivity contribution is -0.137. The van der Waals surface area contributed by atoms with Crippen LogP contribution in [0.25, 0.3) is 0 Å². The number of carbonyl (C=O) groups is 3. The molecule has 1 aromatic rings. The first kappa shape index (κ1) is 18.3. The van der Waals surface area contributed by atoms with Gasteiger partial charge in [-0.2, -0.15) is 0 Å². The fourth-order valence-corrected chi connectivity index (χ4v) is 2.21. The lowest BCUT2D eigenvalue weighted by Crippen LogP contribution is -2.30. The predicted molar refractivity (Wildman–Crippen MR) is 81.8 cm³/mol. The van der Waals surface area contributed by atoms with Crippen LogP contribution >= 0.6 is 23.2 Å². The van der Waals surface area contributed by atoms with Gasteiger partial charge in [0.2, 0.25) is 0 Å². The first-order valence-corrected chi connectivity index (χ1v) is 7.16. The molecule has 0 unspecified atom stereocenters. The molecule has 0 aliphatic heterocycles. The van der Waals surface area contributed by atoms with Gasteiger partial charge >= 0.3 is 5.97 Å². The van der Waals surface area contributed by atoms with Crippen LogP contribution < -0.4 is 10.1 Å². The Kier molecular flexibility index (Phi) is 7.14. The summed E-state index contributed by atoms with van der Waals surface area (Å²) in [5, 5.41) is 11.3. The average Bonchev–Trinajstić information content (AvgIpc) is 2.46. The quantitative estimate of drug-likeness (QED) is 0.753. The molecule has 6 nitrogen and oxygen atoms in total. The van der Waals surface area contributed by atoms with E-state index in [2.05, 4.69) is 5.32 Å². The fraction of sp³-hybridized carbons (Fsp3) is 0.357. The number of nitrogens with one attached hydrogen (secondary N) is 1. The predicted octanol–water partition coefficient (Wildman–Crippen LogP) is 2.56. The highest BCUT2D eigenvalue weighted by molar-refractivity contribution is 6.37. The molecule has 0 atom stereocenters. The Labute approximate surface area is 137 Å². The molecule has 2 N–H and O–H groups in total. The van der Waals surface area contributed by atoms with Crippen molar-refractivity contribution in [3.63, 3.8) is 0 Å². The Morgan fingerprint density at radius 1 is 1.18 bits per heavy atom. The van der Waals surface area contributed by atoms with Gasteiger partial charge in [-0.15, -0.1) is 0 Å². The Morgan fingerprint density at radius 3 is 2.41 bits per heavy atom. The molecule has 120 valence electrons. The maximum Gasteiger partial charge on any atom is 0.303 e. The highest BCUT2D eigenvalue weighted by Gasteiger charge is 2.19. The van der Waals surface area contributed by atoms with Crippen molar-refractivity contribution in [1.29, 1.82) is 0 Å². The molecule has 0 saturated carbocycles. The molecule has 0 radical (unpaired) electrons. The second kappa shape index (κ2) is 8.60. The van der Waals surface area contributed by atoms with E-state index in [4.69, 9.17) is 33.0 Å². The zero-order valence-electron chi connectivity index (χ0n) is 11.8. The van der Waals surface area contributed by atoms with Gasteiger partial charge in [0.15, 0.2) is 11.5 Å². The molecular formula is C14H15Cl2NO5. The smallest absolute Gasteiger partial charge is 0.303 e. The number of methoxy groups -OCH3 is 1. The topological polar surface area (TPSA) is 92.7 Å². The van der Waals surface area contributed by atoms with Crippen molar-refractivity contribution in [2.45, 2.75) is 19.3 Å². The van der Waals surface area contributed by atoms with E-state index in [0.717, 1.165) is 0 Å². The van der Waals surface area contributed by atoms with E-state index in [9.17, 15) is 14.4 Å². The molecule has 0 saturated heterocycles. The number of carboxylic acid groups (broad SMARTS) is 1. The van der Waals surface area contributed by atoms with Gasteiger partial charge in [0.25, 0.3) is 5.91 Å². The van der Waals surface area contributed by atoms with E-state index >= 15 is 0 Å². The van der Waals surface area contributed by atoms with Crippen LogP contribution in [-0.2, 0) is 9.59 Å². The van der Waals surface area contributed by atoms with Gasteiger partial charge < -0.3 is 15.2 Å². The van der Waals surface area contributed by atoms with Gasteiger partial charge in [0, 0.05) is 12.8 Å². The molecular weight excluding hydrogens is 333 g/mol. The SMILES string of the molecule is COc1c(Cl)ccc(Cl)c1C(=O)NCC(=O)CCCC(=O)O. The van der Waals surface area contributed by atoms with Crippen LogP contribution in [0.1, 0.15) is 29.6 Å². The van der Waals surface area contributed by atoms with Crippen molar-refractivity contribution in [1.82, 2.24) is 5.32 Å². The summed E-state index contributed by atoms with van der Waals surface area (Å²) in [7, 11) is 1.35. The number of hydrogen-bond acceptors (Lipinski definition) is 4. The van der Waals surface area contributed by atoms with Crippen molar-refractivity contribution in [3.8, 4) is 5.75 Å². The summed E-state index contributed by atoms with van der Waals surface area (Å²) < 4.78 is 5.05. The van der Waals surface area contributed by atoms with Gasteiger partial charge in [-0.25, -0.2) is 0 Å². The number of carboxylic acids is 1. The van der Waals surface area contributed by atoms with Crippen molar-refractivity contribution in [3.05, 3.63) is 27.7 Å². The average molecular weight is 348 g/mol. The number of ether oxygens (including phenoxy) is 1. The van der Waals surface area contributed by atoms with Crippen molar-refractivity contribution >= 4 is 40.9 Å². The Hall–Kier alpha value is -1.79. The van der Waals surface area contributed by atoms with Gasteiger partial charge in [0.05, 0.1) is 23.7 Å². The van der Waals surface area contributed by atoms with E-state index in [-0.39, 0.29) is 52.9 Å². The molecule has 1 rings (SSSR count). The molecule has 0 heterocycles. The molecule has 0 aliphatic rings. The molecule has 0 fully saturated rings. The number of carbonyl (C=O) groups excluding carboxylic acids is 2. The standard InChI is InChI=1S/C14H15Cl2NO5/c1-22-13-10(16)6-5-9(15)12(13)14(21)17-7-8(18)3-2-4-11(19)20/h5-6H,2-4,7H2,1H3,(H,17,21)(H,19,20). The second-order valence-electron chi connectivity index (χ2n) is 4.41. The molecule has 0 spiro atoms. The molecule has 0 aromatic heterocycles. The van der Waals surface area contributed by atoms with Crippen molar-refractivity contribution in [2.24, 2.45) is 0 Å². The largest absolute Gasteiger partial charge is 0.494 e. The van der Waals surface area contributed by atoms with Gasteiger partial charge in [-0.05, 0) is 18.6 Å². The molecule has 8 heteroatoms. The van der Waals surface area contributed by atoms with E-state index < -0.39 is 11.9 Å². The van der Waals surface area contributed by atoms with Crippen LogP contribution in [0.2, 0.25) is 10.0 Å².